The van der Waals surface area contributed by atoms with Crippen molar-refractivity contribution in [1.82, 2.24) is 14.1 Å². The molecule has 2 amide bonds. The zero-order valence-corrected chi connectivity index (χ0v) is 20.3. The summed E-state index contributed by atoms with van der Waals surface area (Å²) in [5.41, 5.74) is 1.75. The fourth-order valence-corrected chi connectivity index (χ4v) is 5.06. The van der Waals surface area contributed by atoms with E-state index < -0.39 is 16.1 Å². The van der Waals surface area contributed by atoms with Crippen molar-refractivity contribution in [1.29, 1.82) is 0 Å². The molecule has 1 aliphatic heterocycles. The second-order valence-corrected chi connectivity index (χ2v) is 10.1. The Bertz CT molecular complexity index is 1080. The number of nitrogens with zero attached hydrogens (tertiary/aromatic N) is 3. The highest BCUT2D eigenvalue weighted by molar-refractivity contribution is 7.89. The largest absolute Gasteiger partial charge is 0.450 e. The van der Waals surface area contributed by atoms with Gasteiger partial charge in [-0.05, 0) is 49.2 Å². The Kier molecular flexibility index (Phi) is 8.34. The maximum atomic E-state index is 13.4. The molecule has 0 atom stereocenters. The third kappa shape index (κ3) is 6.25. The van der Waals surface area contributed by atoms with Gasteiger partial charge in [-0.3, -0.25) is 4.79 Å². The van der Waals surface area contributed by atoms with E-state index in [9.17, 15) is 18.0 Å². The number of piperazine rings is 1. The molecule has 8 nitrogen and oxygen atoms in total. The number of aryl methyl sites for hydroxylation is 1. The number of carbonyl (C=O) groups excluding carboxylic acids is 2. The maximum Gasteiger partial charge on any atom is 0.409 e. The highest BCUT2D eigenvalue weighted by Crippen LogP contribution is 2.22. The first-order valence-electron chi connectivity index (χ1n) is 10.7. The zero-order chi connectivity index (χ0) is 24.0. The van der Waals surface area contributed by atoms with E-state index in [1.165, 1.54) is 28.6 Å². The molecule has 0 unspecified atom stereocenters. The van der Waals surface area contributed by atoms with Crippen molar-refractivity contribution in [2.24, 2.45) is 0 Å². The minimum atomic E-state index is -3.96. The van der Waals surface area contributed by atoms with E-state index >= 15 is 0 Å². The van der Waals surface area contributed by atoms with Gasteiger partial charge in [0.15, 0.2) is 0 Å². The van der Waals surface area contributed by atoms with E-state index in [4.69, 9.17) is 16.3 Å². The summed E-state index contributed by atoms with van der Waals surface area (Å²) in [4.78, 5) is 28.2. The first-order valence-corrected chi connectivity index (χ1v) is 12.5. The molecule has 1 aliphatic rings. The predicted molar refractivity (Wildman–Crippen MR) is 125 cm³/mol. The first kappa shape index (κ1) is 25.0. The van der Waals surface area contributed by atoms with Crippen molar-refractivity contribution < 1.29 is 22.7 Å². The van der Waals surface area contributed by atoms with Crippen LogP contribution in [0, 0.1) is 6.92 Å². The molecule has 2 aromatic carbocycles. The minimum absolute atomic E-state index is 0.0617. The third-order valence-corrected chi connectivity index (χ3v) is 7.59. The van der Waals surface area contributed by atoms with E-state index in [0.29, 0.717) is 31.2 Å². The summed E-state index contributed by atoms with van der Waals surface area (Å²) in [6.45, 7) is 4.99. The van der Waals surface area contributed by atoms with Crippen molar-refractivity contribution >= 4 is 33.6 Å². The Balaban J connectivity index is 1.78. The SMILES string of the molecule is CCOC(=O)N1CCN(C(=O)CN(Cc2ccccc2C)S(=O)(=O)c2ccc(Cl)cc2)CC1. The summed E-state index contributed by atoms with van der Waals surface area (Å²) >= 11 is 5.93. The van der Waals surface area contributed by atoms with Crippen LogP contribution in [0.15, 0.2) is 53.4 Å². The summed E-state index contributed by atoms with van der Waals surface area (Å²) in [7, 11) is -3.96. The fourth-order valence-electron chi connectivity index (χ4n) is 3.56. The van der Waals surface area contributed by atoms with Crippen molar-refractivity contribution in [3.63, 3.8) is 0 Å². The Morgan fingerprint density at radius 3 is 2.21 bits per heavy atom. The molecular formula is C23H28ClN3O5S. The van der Waals surface area contributed by atoms with Crippen LogP contribution >= 0.6 is 11.6 Å². The summed E-state index contributed by atoms with van der Waals surface area (Å²) in [6, 6.07) is 13.4. The number of carbonyl (C=O) groups is 2. The molecule has 2 aromatic rings. The molecule has 10 heteroatoms. The molecule has 3 rings (SSSR count). The smallest absolute Gasteiger partial charge is 0.409 e. The van der Waals surface area contributed by atoms with Gasteiger partial charge in [-0.2, -0.15) is 4.31 Å². The maximum absolute atomic E-state index is 13.4. The lowest BCUT2D eigenvalue weighted by Crippen LogP contribution is -2.53. The van der Waals surface area contributed by atoms with Crippen LogP contribution in [-0.4, -0.2) is 73.9 Å². The molecule has 0 radical (unpaired) electrons. The predicted octanol–water partition coefficient (Wildman–Crippen LogP) is 3.14. The van der Waals surface area contributed by atoms with Gasteiger partial charge in [0.25, 0.3) is 0 Å². The molecule has 0 spiro atoms. The van der Waals surface area contributed by atoms with Gasteiger partial charge < -0.3 is 14.5 Å². The van der Waals surface area contributed by atoms with E-state index in [2.05, 4.69) is 0 Å². The number of hydrogen-bond acceptors (Lipinski definition) is 5. The molecule has 1 fully saturated rings. The molecule has 0 bridgehead atoms. The van der Waals surface area contributed by atoms with Crippen LogP contribution < -0.4 is 0 Å². The lowest BCUT2D eigenvalue weighted by molar-refractivity contribution is -0.133. The van der Waals surface area contributed by atoms with Gasteiger partial charge in [-0.15, -0.1) is 0 Å². The average Bonchev–Trinajstić information content (AvgIpc) is 2.80. The van der Waals surface area contributed by atoms with Gasteiger partial charge in [0.05, 0.1) is 18.0 Å². The molecule has 1 heterocycles. The molecule has 1 saturated heterocycles. The lowest BCUT2D eigenvalue weighted by Gasteiger charge is -2.35. The summed E-state index contributed by atoms with van der Waals surface area (Å²) in [6.07, 6.45) is -0.406. The Morgan fingerprint density at radius 2 is 1.61 bits per heavy atom. The van der Waals surface area contributed by atoms with E-state index in [-0.39, 0.29) is 30.5 Å². The van der Waals surface area contributed by atoms with Crippen LogP contribution in [0.2, 0.25) is 5.02 Å². The minimum Gasteiger partial charge on any atom is -0.450 e. The lowest BCUT2D eigenvalue weighted by atomic mass is 10.1. The van der Waals surface area contributed by atoms with Crippen molar-refractivity contribution in [3.8, 4) is 0 Å². The molecule has 0 aromatic heterocycles. The number of hydrogen-bond donors (Lipinski definition) is 0. The fraction of sp³-hybridized carbons (Fsp3) is 0.391. The van der Waals surface area contributed by atoms with Crippen LogP contribution in [0.25, 0.3) is 0 Å². The van der Waals surface area contributed by atoms with Crippen LogP contribution in [0.4, 0.5) is 4.79 Å². The van der Waals surface area contributed by atoms with E-state index in [0.717, 1.165) is 11.1 Å². The highest BCUT2D eigenvalue weighted by atomic mass is 35.5. The highest BCUT2D eigenvalue weighted by Gasteiger charge is 2.31. The molecule has 33 heavy (non-hydrogen) atoms. The number of rotatable bonds is 7. The molecular weight excluding hydrogens is 466 g/mol. The topological polar surface area (TPSA) is 87.2 Å². The quantitative estimate of drug-likeness (QED) is 0.591. The molecule has 0 aliphatic carbocycles. The van der Waals surface area contributed by atoms with Gasteiger partial charge in [-0.25, -0.2) is 13.2 Å². The summed E-state index contributed by atoms with van der Waals surface area (Å²) < 4.78 is 33.1. The number of sulfonamides is 1. The Morgan fingerprint density at radius 1 is 1.00 bits per heavy atom. The third-order valence-electron chi connectivity index (χ3n) is 5.53. The number of ether oxygens (including phenoxy) is 1. The summed E-state index contributed by atoms with van der Waals surface area (Å²) in [5, 5.41) is 0.426. The number of amides is 2. The second kappa shape index (κ2) is 11.0. The monoisotopic (exact) mass is 493 g/mol. The van der Waals surface area contributed by atoms with Crippen LogP contribution in [0.5, 0.6) is 0 Å². The normalized spacial score (nSPS) is 14.4. The van der Waals surface area contributed by atoms with Gasteiger partial charge in [-0.1, -0.05) is 35.9 Å². The molecule has 0 saturated carbocycles. The number of benzene rings is 2. The van der Waals surface area contributed by atoms with Crippen LogP contribution in [0.3, 0.4) is 0 Å². The standard InChI is InChI=1S/C23H28ClN3O5S/c1-3-32-23(29)26-14-12-25(13-15-26)22(28)17-27(16-19-7-5-4-6-18(19)2)33(30,31)21-10-8-20(24)9-11-21/h4-11H,3,12-17H2,1-2H3. The zero-order valence-electron chi connectivity index (χ0n) is 18.7. The van der Waals surface area contributed by atoms with Gasteiger partial charge in [0.2, 0.25) is 15.9 Å². The van der Waals surface area contributed by atoms with Gasteiger partial charge in [0.1, 0.15) is 0 Å². The van der Waals surface area contributed by atoms with E-state index in [1.807, 2.05) is 31.2 Å². The van der Waals surface area contributed by atoms with E-state index in [1.54, 1.807) is 16.7 Å². The Hall–Kier alpha value is -2.62. The first-order chi connectivity index (χ1) is 15.7. The second-order valence-electron chi connectivity index (χ2n) is 7.72. The van der Waals surface area contributed by atoms with Crippen molar-refractivity contribution in [3.05, 3.63) is 64.7 Å². The van der Waals surface area contributed by atoms with Crippen LogP contribution in [-0.2, 0) is 26.1 Å². The number of halogens is 1. The van der Waals surface area contributed by atoms with Gasteiger partial charge >= 0.3 is 6.09 Å². The Labute approximate surface area is 199 Å². The van der Waals surface area contributed by atoms with Gasteiger partial charge in [0, 0.05) is 37.7 Å². The summed E-state index contributed by atoms with van der Waals surface area (Å²) in [5.74, 6) is -0.315. The van der Waals surface area contributed by atoms with Crippen molar-refractivity contribution in [2.45, 2.75) is 25.3 Å². The molecule has 0 N–H and O–H groups in total. The van der Waals surface area contributed by atoms with Crippen molar-refractivity contribution in [2.75, 3.05) is 39.3 Å². The van der Waals surface area contributed by atoms with Crippen LogP contribution in [0.1, 0.15) is 18.1 Å². The molecule has 178 valence electrons. The average molecular weight is 494 g/mol.